The minimum atomic E-state index is -0.776. The fourth-order valence-corrected chi connectivity index (χ4v) is 2.52. The zero-order chi connectivity index (χ0) is 13.0. The van der Waals surface area contributed by atoms with Crippen molar-refractivity contribution < 1.29 is 9.90 Å². The molecule has 0 saturated heterocycles. The zero-order valence-corrected chi connectivity index (χ0v) is 11.1. The first-order valence-corrected chi connectivity index (χ1v) is 6.38. The van der Waals surface area contributed by atoms with Crippen molar-refractivity contribution in [3.63, 3.8) is 0 Å². The number of carboxylic acid groups (broad SMARTS) is 1. The Kier molecular flexibility index (Phi) is 4.80. The maximum Gasteiger partial charge on any atom is 0.303 e. The number of carbonyl (C=O) groups is 1. The SMILES string of the molecule is CC(CCC(=O)O)Sc1nnc(N)n1C(C)C. The lowest BCUT2D eigenvalue weighted by molar-refractivity contribution is -0.137. The summed E-state index contributed by atoms with van der Waals surface area (Å²) in [5.41, 5.74) is 5.72. The molecule has 0 amide bonds. The molecule has 1 aromatic heterocycles. The third-order valence-electron chi connectivity index (χ3n) is 2.28. The van der Waals surface area contributed by atoms with Gasteiger partial charge in [0.1, 0.15) is 0 Å². The van der Waals surface area contributed by atoms with Crippen LogP contribution in [-0.2, 0) is 4.79 Å². The maximum absolute atomic E-state index is 10.5. The molecule has 3 N–H and O–H groups in total. The fourth-order valence-electron chi connectivity index (χ4n) is 1.42. The summed E-state index contributed by atoms with van der Waals surface area (Å²) in [4.78, 5) is 10.5. The van der Waals surface area contributed by atoms with Crippen LogP contribution >= 0.6 is 11.8 Å². The fraction of sp³-hybridized carbons (Fsp3) is 0.700. The van der Waals surface area contributed by atoms with Gasteiger partial charge in [-0.3, -0.25) is 9.36 Å². The molecule has 96 valence electrons. The number of aromatic nitrogens is 3. The molecule has 0 aliphatic carbocycles. The van der Waals surface area contributed by atoms with Crippen molar-refractivity contribution in [2.75, 3.05) is 5.73 Å². The van der Waals surface area contributed by atoms with Gasteiger partial charge in [0.05, 0.1) is 0 Å². The van der Waals surface area contributed by atoms with Gasteiger partial charge in [-0.1, -0.05) is 18.7 Å². The first kappa shape index (κ1) is 13.8. The van der Waals surface area contributed by atoms with Crippen LogP contribution in [0.2, 0.25) is 0 Å². The number of aliphatic carboxylic acids is 1. The molecule has 0 fully saturated rings. The van der Waals surface area contributed by atoms with E-state index >= 15 is 0 Å². The Balaban J connectivity index is 2.65. The van der Waals surface area contributed by atoms with E-state index in [2.05, 4.69) is 10.2 Å². The lowest BCUT2D eigenvalue weighted by Gasteiger charge is -2.14. The molecule has 0 aromatic carbocycles. The van der Waals surface area contributed by atoms with E-state index in [9.17, 15) is 4.79 Å². The minimum Gasteiger partial charge on any atom is -0.481 e. The number of hydrogen-bond donors (Lipinski definition) is 2. The Hall–Kier alpha value is -1.24. The standard InChI is InChI=1S/C10H18N4O2S/c1-6(2)14-9(11)12-13-10(14)17-7(3)4-5-8(15)16/h6-7H,4-5H2,1-3H3,(H2,11,12)(H,15,16). The highest BCUT2D eigenvalue weighted by atomic mass is 32.2. The number of nitrogens with zero attached hydrogens (tertiary/aromatic N) is 3. The van der Waals surface area contributed by atoms with E-state index in [1.165, 1.54) is 11.8 Å². The quantitative estimate of drug-likeness (QED) is 0.755. The van der Waals surface area contributed by atoms with Crippen LogP contribution in [0.1, 0.15) is 39.7 Å². The third kappa shape index (κ3) is 3.92. The number of carboxylic acids is 1. The zero-order valence-electron chi connectivity index (χ0n) is 10.3. The summed E-state index contributed by atoms with van der Waals surface area (Å²) in [6.07, 6.45) is 0.768. The lowest BCUT2D eigenvalue weighted by atomic mass is 10.2. The number of thioether (sulfide) groups is 1. The first-order chi connectivity index (χ1) is 7.91. The highest BCUT2D eigenvalue weighted by Crippen LogP contribution is 2.28. The second-order valence-electron chi connectivity index (χ2n) is 4.17. The molecule has 6 nitrogen and oxygen atoms in total. The summed E-state index contributed by atoms with van der Waals surface area (Å²) in [7, 11) is 0. The molecule has 7 heteroatoms. The Morgan fingerprint density at radius 1 is 1.47 bits per heavy atom. The summed E-state index contributed by atoms with van der Waals surface area (Å²) in [6, 6.07) is 0.194. The van der Waals surface area contributed by atoms with Gasteiger partial charge in [-0.2, -0.15) is 0 Å². The van der Waals surface area contributed by atoms with Crippen LogP contribution in [0.5, 0.6) is 0 Å². The van der Waals surface area contributed by atoms with Crippen molar-refractivity contribution in [3.05, 3.63) is 0 Å². The van der Waals surface area contributed by atoms with Gasteiger partial charge < -0.3 is 10.8 Å². The number of anilines is 1. The van der Waals surface area contributed by atoms with E-state index in [1.807, 2.05) is 25.3 Å². The van der Waals surface area contributed by atoms with E-state index < -0.39 is 5.97 Å². The van der Waals surface area contributed by atoms with Gasteiger partial charge in [-0.05, 0) is 20.3 Å². The molecule has 1 heterocycles. The first-order valence-electron chi connectivity index (χ1n) is 5.50. The second-order valence-corrected chi connectivity index (χ2v) is 5.57. The van der Waals surface area contributed by atoms with Gasteiger partial charge >= 0.3 is 5.97 Å². The van der Waals surface area contributed by atoms with E-state index in [4.69, 9.17) is 10.8 Å². The minimum absolute atomic E-state index is 0.166. The molecule has 1 rings (SSSR count). The van der Waals surface area contributed by atoms with E-state index in [0.717, 1.165) is 5.16 Å². The molecular weight excluding hydrogens is 240 g/mol. The molecule has 0 aliphatic heterocycles. The topological polar surface area (TPSA) is 94.0 Å². The molecule has 0 spiro atoms. The van der Waals surface area contributed by atoms with Gasteiger partial charge in [-0.25, -0.2) is 0 Å². The van der Waals surface area contributed by atoms with Crippen molar-refractivity contribution in [1.29, 1.82) is 0 Å². The summed E-state index contributed by atoms with van der Waals surface area (Å²) in [6.45, 7) is 5.99. The van der Waals surface area contributed by atoms with Crippen molar-refractivity contribution in [1.82, 2.24) is 14.8 Å². The van der Waals surface area contributed by atoms with Crippen LogP contribution in [-0.4, -0.2) is 31.1 Å². The van der Waals surface area contributed by atoms with Crippen LogP contribution in [0.4, 0.5) is 5.95 Å². The van der Waals surface area contributed by atoms with Gasteiger partial charge in [0.25, 0.3) is 0 Å². The molecular formula is C10H18N4O2S. The highest BCUT2D eigenvalue weighted by molar-refractivity contribution is 7.99. The molecule has 0 radical (unpaired) electrons. The number of nitrogens with two attached hydrogens (primary N) is 1. The van der Waals surface area contributed by atoms with Gasteiger partial charge in [0.2, 0.25) is 5.95 Å². The predicted octanol–water partition coefficient (Wildman–Crippen LogP) is 1.79. The number of hydrogen-bond acceptors (Lipinski definition) is 5. The third-order valence-corrected chi connectivity index (χ3v) is 3.41. The molecule has 1 atom stereocenters. The van der Waals surface area contributed by atoms with Crippen molar-refractivity contribution >= 4 is 23.7 Å². The number of rotatable bonds is 6. The van der Waals surface area contributed by atoms with Gasteiger partial charge in [0, 0.05) is 17.7 Å². The monoisotopic (exact) mass is 258 g/mol. The maximum atomic E-state index is 10.5. The molecule has 1 aromatic rings. The average Bonchev–Trinajstić information content (AvgIpc) is 2.56. The van der Waals surface area contributed by atoms with E-state index in [0.29, 0.717) is 12.4 Å². The summed E-state index contributed by atoms with van der Waals surface area (Å²) < 4.78 is 1.85. The second kappa shape index (κ2) is 5.90. The Labute approximate surface area is 105 Å². The van der Waals surface area contributed by atoms with Crippen LogP contribution in [0, 0.1) is 0 Å². The van der Waals surface area contributed by atoms with E-state index in [-0.39, 0.29) is 17.7 Å². The summed E-state index contributed by atoms with van der Waals surface area (Å²) >= 11 is 1.51. The van der Waals surface area contributed by atoms with Crippen molar-refractivity contribution in [2.24, 2.45) is 0 Å². The Morgan fingerprint density at radius 3 is 2.65 bits per heavy atom. The lowest BCUT2D eigenvalue weighted by Crippen LogP contribution is -2.09. The summed E-state index contributed by atoms with van der Waals surface area (Å²) in [5.74, 6) is -0.379. The molecule has 0 saturated carbocycles. The van der Waals surface area contributed by atoms with Crippen LogP contribution in [0.25, 0.3) is 0 Å². The van der Waals surface area contributed by atoms with E-state index in [1.54, 1.807) is 0 Å². The van der Waals surface area contributed by atoms with Crippen LogP contribution in [0.3, 0.4) is 0 Å². The molecule has 17 heavy (non-hydrogen) atoms. The van der Waals surface area contributed by atoms with Crippen molar-refractivity contribution in [3.8, 4) is 0 Å². The molecule has 0 aliphatic rings. The molecule has 0 bridgehead atoms. The van der Waals surface area contributed by atoms with Crippen LogP contribution in [0.15, 0.2) is 5.16 Å². The predicted molar refractivity (Wildman–Crippen MR) is 67.0 cm³/mol. The Bertz CT molecular complexity index is 392. The largest absolute Gasteiger partial charge is 0.481 e. The molecule has 1 unspecified atom stereocenters. The van der Waals surface area contributed by atoms with Crippen LogP contribution < -0.4 is 5.73 Å². The highest BCUT2D eigenvalue weighted by Gasteiger charge is 2.16. The average molecular weight is 258 g/mol. The van der Waals surface area contributed by atoms with Gasteiger partial charge in [0.15, 0.2) is 5.16 Å². The summed E-state index contributed by atoms with van der Waals surface area (Å²) in [5, 5.41) is 17.4. The smallest absolute Gasteiger partial charge is 0.303 e. The normalized spacial score (nSPS) is 12.9. The van der Waals surface area contributed by atoms with Crippen molar-refractivity contribution in [2.45, 2.75) is 50.1 Å². The van der Waals surface area contributed by atoms with Gasteiger partial charge in [-0.15, -0.1) is 10.2 Å². The number of nitrogen functional groups attached to an aromatic ring is 1. The Morgan fingerprint density at radius 2 is 2.12 bits per heavy atom.